The van der Waals surface area contributed by atoms with E-state index >= 15 is 0 Å². The molecule has 140 valence electrons. The normalized spacial score (nSPS) is 18.2. The molecule has 0 saturated carbocycles. The van der Waals surface area contributed by atoms with E-state index < -0.39 is 10.0 Å². The molecule has 6 heteroatoms. The van der Waals surface area contributed by atoms with Crippen molar-refractivity contribution >= 4 is 15.8 Å². The molecule has 1 fully saturated rings. The molecule has 5 nitrogen and oxygen atoms in total. The van der Waals surface area contributed by atoms with E-state index in [0.29, 0.717) is 11.4 Å². The Morgan fingerprint density at radius 2 is 1.81 bits per heavy atom. The van der Waals surface area contributed by atoms with E-state index in [9.17, 15) is 8.42 Å². The average Bonchev–Trinajstić information content (AvgIpc) is 3.14. The van der Waals surface area contributed by atoms with E-state index in [1.807, 2.05) is 37.4 Å². The minimum absolute atomic E-state index is 0.139. The van der Waals surface area contributed by atoms with Crippen LogP contribution in [0.5, 0.6) is 0 Å². The van der Waals surface area contributed by atoms with Crippen molar-refractivity contribution in [1.82, 2.24) is 9.29 Å². The van der Waals surface area contributed by atoms with Crippen molar-refractivity contribution < 1.29 is 8.42 Å². The lowest BCUT2D eigenvalue weighted by atomic mass is 10.1. The van der Waals surface area contributed by atoms with E-state index in [1.165, 1.54) is 0 Å². The number of sulfonamides is 1. The minimum Gasteiger partial charge on any atom is -0.357 e. The SMILES string of the molecule is CCN(CC)c1ccc([C@@H]2CCCN2S(=O)(=O)c2ccc(C)cc2)cn1. The maximum absolute atomic E-state index is 13.1. The predicted molar refractivity (Wildman–Crippen MR) is 105 cm³/mol. The Morgan fingerprint density at radius 1 is 1.12 bits per heavy atom. The number of aromatic nitrogens is 1. The topological polar surface area (TPSA) is 53.5 Å². The Balaban J connectivity index is 1.87. The number of rotatable bonds is 6. The Labute approximate surface area is 156 Å². The van der Waals surface area contributed by atoms with Crippen LogP contribution in [0.15, 0.2) is 47.5 Å². The van der Waals surface area contributed by atoms with E-state index in [2.05, 4.69) is 23.7 Å². The number of hydrogen-bond acceptors (Lipinski definition) is 4. The maximum atomic E-state index is 13.1. The fourth-order valence-corrected chi connectivity index (χ4v) is 5.22. The number of nitrogens with zero attached hydrogens (tertiary/aromatic N) is 3. The molecule has 1 saturated heterocycles. The van der Waals surface area contributed by atoms with Crippen LogP contribution in [-0.2, 0) is 10.0 Å². The molecule has 0 aliphatic carbocycles. The summed E-state index contributed by atoms with van der Waals surface area (Å²) >= 11 is 0. The largest absolute Gasteiger partial charge is 0.357 e. The molecule has 2 heterocycles. The van der Waals surface area contributed by atoms with Crippen LogP contribution in [0.2, 0.25) is 0 Å². The van der Waals surface area contributed by atoms with Crippen molar-refractivity contribution in [2.45, 2.75) is 44.6 Å². The maximum Gasteiger partial charge on any atom is 0.243 e. The van der Waals surface area contributed by atoms with Crippen molar-refractivity contribution in [3.8, 4) is 0 Å². The summed E-state index contributed by atoms with van der Waals surface area (Å²) in [4.78, 5) is 7.11. The van der Waals surface area contributed by atoms with Gasteiger partial charge in [0.1, 0.15) is 5.82 Å². The first-order valence-electron chi connectivity index (χ1n) is 9.26. The number of anilines is 1. The van der Waals surface area contributed by atoms with Gasteiger partial charge in [-0.2, -0.15) is 4.31 Å². The van der Waals surface area contributed by atoms with Gasteiger partial charge in [-0.05, 0) is 57.4 Å². The van der Waals surface area contributed by atoms with Crippen LogP contribution < -0.4 is 4.90 Å². The van der Waals surface area contributed by atoms with Gasteiger partial charge in [-0.15, -0.1) is 0 Å². The summed E-state index contributed by atoms with van der Waals surface area (Å²) < 4.78 is 27.8. The number of pyridine rings is 1. The standard InChI is InChI=1S/C20H27N3O2S/c1-4-22(5-2)20-13-10-17(15-21-20)19-7-6-14-23(19)26(24,25)18-11-8-16(3)9-12-18/h8-13,15,19H,4-7,14H2,1-3H3/t19-/m0/s1. The minimum atomic E-state index is -3.49. The molecule has 1 aromatic heterocycles. The van der Waals surface area contributed by atoms with Crippen LogP contribution >= 0.6 is 0 Å². The molecule has 1 aromatic carbocycles. The lowest BCUT2D eigenvalue weighted by Crippen LogP contribution is -2.31. The van der Waals surface area contributed by atoms with Crippen molar-refractivity contribution in [3.63, 3.8) is 0 Å². The van der Waals surface area contributed by atoms with Crippen LogP contribution in [0.4, 0.5) is 5.82 Å². The summed E-state index contributed by atoms with van der Waals surface area (Å²) in [7, 11) is -3.49. The predicted octanol–water partition coefficient (Wildman–Crippen LogP) is 3.76. The van der Waals surface area contributed by atoms with Gasteiger partial charge in [0.25, 0.3) is 0 Å². The van der Waals surface area contributed by atoms with Crippen molar-refractivity contribution in [1.29, 1.82) is 0 Å². The molecule has 1 atom stereocenters. The molecule has 0 radical (unpaired) electrons. The van der Waals surface area contributed by atoms with Gasteiger partial charge in [0, 0.05) is 25.8 Å². The highest BCUT2D eigenvalue weighted by atomic mass is 32.2. The second-order valence-corrected chi connectivity index (χ2v) is 8.60. The number of hydrogen-bond donors (Lipinski definition) is 0. The van der Waals surface area contributed by atoms with Gasteiger partial charge in [-0.25, -0.2) is 13.4 Å². The molecule has 0 bridgehead atoms. The highest BCUT2D eigenvalue weighted by Gasteiger charge is 2.36. The number of aryl methyl sites for hydroxylation is 1. The van der Waals surface area contributed by atoms with Crippen molar-refractivity contribution in [2.24, 2.45) is 0 Å². The van der Waals surface area contributed by atoms with Crippen molar-refractivity contribution in [2.75, 3.05) is 24.5 Å². The Kier molecular flexibility index (Phi) is 5.63. The van der Waals surface area contributed by atoms with E-state index in [-0.39, 0.29) is 6.04 Å². The highest BCUT2D eigenvalue weighted by molar-refractivity contribution is 7.89. The molecule has 0 spiro atoms. The summed E-state index contributed by atoms with van der Waals surface area (Å²) in [6.07, 6.45) is 3.53. The summed E-state index contributed by atoms with van der Waals surface area (Å²) in [5.74, 6) is 0.935. The van der Waals surface area contributed by atoms with Gasteiger partial charge in [0.05, 0.1) is 10.9 Å². The van der Waals surface area contributed by atoms with Gasteiger partial charge < -0.3 is 4.90 Å². The Morgan fingerprint density at radius 3 is 2.38 bits per heavy atom. The third-order valence-electron chi connectivity index (χ3n) is 5.07. The molecular formula is C20H27N3O2S. The van der Waals surface area contributed by atoms with E-state index in [1.54, 1.807) is 16.4 Å². The molecule has 26 heavy (non-hydrogen) atoms. The summed E-state index contributed by atoms with van der Waals surface area (Å²) in [5.41, 5.74) is 2.02. The quantitative estimate of drug-likeness (QED) is 0.774. The average molecular weight is 374 g/mol. The van der Waals surface area contributed by atoms with E-state index in [0.717, 1.165) is 42.9 Å². The van der Waals surface area contributed by atoms with Crippen molar-refractivity contribution in [3.05, 3.63) is 53.7 Å². The fourth-order valence-electron chi connectivity index (χ4n) is 3.54. The van der Waals surface area contributed by atoms with Gasteiger partial charge in [0.2, 0.25) is 10.0 Å². The molecule has 1 aliphatic rings. The molecular weight excluding hydrogens is 346 g/mol. The van der Waals surface area contributed by atoms with Crippen LogP contribution in [0.3, 0.4) is 0 Å². The lowest BCUT2D eigenvalue weighted by Gasteiger charge is -2.25. The fraction of sp³-hybridized carbons (Fsp3) is 0.450. The third-order valence-corrected chi connectivity index (χ3v) is 7.00. The van der Waals surface area contributed by atoms with Crippen LogP contribution in [-0.4, -0.2) is 37.3 Å². The highest BCUT2D eigenvalue weighted by Crippen LogP contribution is 2.36. The zero-order chi connectivity index (χ0) is 18.7. The van der Waals surface area contributed by atoms with Crippen LogP contribution in [0.1, 0.15) is 43.9 Å². The molecule has 2 aromatic rings. The second-order valence-electron chi connectivity index (χ2n) is 6.71. The van der Waals surface area contributed by atoms with Gasteiger partial charge >= 0.3 is 0 Å². The first-order chi connectivity index (χ1) is 12.5. The Bertz CT molecular complexity index is 828. The summed E-state index contributed by atoms with van der Waals surface area (Å²) in [6.45, 7) is 8.52. The number of benzene rings is 1. The van der Waals surface area contributed by atoms with Crippen LogP contribution in [0.25, 0.3) is 0 Å². The first-order valence-corrected chi connectivity index (χ1v) is 10.7. The van der Waals surface area contributed by atoms with Gasteiger partial charge in [-0.3, -0.25) is 0 Å². The molecule has 0 amide bonds. The summed E-state index contributed by atoms with van der Waals surface area (Å²) in [6, 6.07) is 11.0. The zero-order valence-corrected chi connectivity index (χ0v) is 16.5. The zero-order valence-electron chi connectivity index (χ0n) is 15.7. The van der Waals surface area contributed by atoms with Gasteiger partial charge in [0.15, 0.2) is 0 Å². The molecule has 0 N–H and O–H groups in total. The lowest BCUT2D eigenvalue weighted by molar-refractivity contribution is 0.396. The monoisotopic (exact) mass is 373 g/mol. The third kappa shape index (κ3) is 3.62. The molecule has 0 unspecified atom stereocenters. The summed E-state index contributed by atoms with van der Waals surface area (Å²) in [5, 5.41) is 0. The molecule has 3 rings (SSSR count). The smallest absolute Gasteiger partial charge is 0.243 e. The second kappa shape index (κ2) is 7.76. The Hall–Kier alpha value is -1.92. The van der Waals surface area contributed by atoms with Gasteiger partial charge in [-0.1, -0.05) is 23.8 Å². The van der Waals surface area contributed by atoms with Crippen LogP contribution in [0, 0.1) is 6.92 Å². The molecule has 1 aliphatic heterocycles. The first kappa shape index (κ1) is 18.9. The van der Waals surface area contributed by atoms with E-state index in [4.69, 9.17) is 0 Å².